The van der Waals surface area contributed by atoms with Gasteiger partial charge in [0, 0.05) is 24.8 Å². The molecule has 0 aliphatic rings. The average molecular weight is 368 g/mol. The number of carbonyl (C=O) groups excluding carboxylic acids is 1. The molecule has 0 aliphatic carbocycles. The monoisotopic (exact) mass is 367 g/mol. The highest BCUT2D eigenvalue weighted by molar-refractivity contribution is 7.16. The van der Waals surface area contributed by atoms with Crippen molar-refractivity contribution in [2.45, 2.75) is 19.4 Å². The molecule has 0 radical (unpaired) electrons. The van der Waals surface area contributed by atoms with E-state index in [1.54, 1.807) is 23.3 Å². The summed E-state index contributed by atoms with van der Waals surface area (Å²) in [6.45, 7) is 0.556. The highest BCUT2D eigenvalue weighted by Crippen LogP contribution is 2.23. The van der Waals surface area contributed by atoms with E-state index < -0.39 is 0 Å². The van der Waals surface area contributed by atoms with E-state index in [9.17, 15) is 4.79 Å². The smallest absolute Gasteiger partial charge is 0.227 e. The van der Waals surface area contributed by atoms with Crippen LogP contribution in [0.25, 0.3) is 10.7 Å². The lowest BCUT2D eigenvalue weighted by Crippen LogP contribution is -2.26. The Labute approximate surface area is 146 Å². The normalized spacial score (nSPS) is 10.9. The first kappa shape index (κ1) is 16.2. The van der Waals surface area contributed by atoms with Crippen LogP contribution in [-0.2, 0) is 17.8 Å². The molecule has 1 amide bonds. The molecule has 8 heteroatoms. The van der Waals surface area contributed by atoms with Crippen LogP contribution in [0.15, 0.2) is 34.2 Å². The maximum absolute atomic E-state index is 12.2. The van der Waals surface area contributed by atoms with Gasteiger partial charge in [0.2, 0.25) is 17.6 Å². The van der Waals surface area contributed by atoms with Gasteiger partial charge < -0.3 is 9.42 Å². The van der Waals surface area contributed by atoms with Gasteiger partial charge in [-0.05, 0) is 23.6 Å². The molecule has 23 heavy (non-hydrogen) atoms. The molecule has 0 aromatic carbocycles. The summed E-state index contributed by atoms with van der Waals surface area (Å²) in [5.41, 5.74) is 0. The molecule has 0 bridgehead atoms. The molecule has 120 valence electrons. The van der Waals surface area contributed by atoms with Crippen LogP contribution >= 0.6 is 34.3 Å². The van der Waals surface area contributed by atoms with Gasteiger partial charge in [-0.2, -0.15) is 4.98 Å². The highest BCUT2D eigenvalue weighted by Gasteiger charge is 2.14. The van der Waals surface area contributed by atoms with Crippen molar-refractivity contribution < 1.29 is 9.32 Å². The number of hydrogen-bond donors (Lipinski definition) is 0. The summed E-state index contributed by atoms with van der Waals surface area (Å²) < 4.78 is 5.93. The summed E-state index contributed by atoms with van der Waals surface area (Å²) >= 11 is 8.93. The van der Waals surface area contributed by atoms with Crippen molar-refractivity contribution in [2.24, 2.45) is 0 Å². The molecule has 0 atom stereocenters. The zero-order chi connectivity index (χ0) is 16.2. The van der Waals surface area contributed by atoms with E-state index in [2.05, 4.69) is 10.1 Å². The van der Waals surface area contributed by atoms with Crippen LogP contribution in [-0.4, -0.2) is 28.0 Å². The molecular weight excluding hydrogens is 354 g/mol. The molecule has 0 fully saturated rings. The third-order valence-electron chi connectivity index (χ3n) is 3.21. The Morgan fingerprint density at radius 2 is 2.26 bits per heavy atom. The van der Waals surface area contributed by atoms with Gasteiger partial charge in [-0.1, -0.05) is 22.8 Å². The Bertz CT molecular complexity index is 782. The van der Waals surface area contributed by atoms with E-state index in [4.69, 9.17) is 16.1 Å². The third-order valence-corrected chi connectivity index (χ3v) is 5.29. The molecule has 3 aromatic heterocycles. The summed E-state index contributed by atoms with van der Waals surface area (Å²) in [7, 11) is 1.78. The van der Waals surface area contributed by atoms with Crippen molar-refractivity contribution in [2.75, 3.05) is 7.05 Å². The predicted molar refractivity (Wildman–Crippen MR) is 91.7 cm³/mol. The van der Waals surface area contributed by atoms with E-state index >= 15 is 0 Å². The van der Waals surface area contributed by atoms with Crippen molar-refractivity contribution in [1.29, 1.82) is 0 Å². The Morgan fingerprint density at radius 1 is 1.39 bits per heavy atom. The van der Waals surface area contributed by atoms with Crippen LogP contribution in [0.5, 0.6) is 0 Å². The maximum atomic E-state index is 12.2. The van der Waals surface area contributed by atoms with E-state index in [1.807, 2.05) is 29.6 Å². The fraction of sp³-hybridized carbons (Fsp3) is 0.267. The molecular formula is C15H14ClN3O2S2. The van der Waals surface area contributed by atoms with Crippen LogP contribution in [0.2, 0.25) is 4.34 Å². The SMILES string of the molecule is CN(Cc1ccc(Cl)s1)C(=O)CCc1nc(-c2cccs2)no1. The molecule has 0 spiro atoms. The van der Waals surface area contributed by atoms with Gasteiger partial charge in [0.05, 0.1) is 15.8 Å². The first-order valence-electron chi connectivity index (χ1n) is 6.96. The lowest BCUT2D eigenvalue weighted by Gasteiger charge is -2.15. The fourth-order valence-corrected chi connectivity index (χ4v) is 3.82. The molecule has 0 saturated heterocycles. The number of aromatic nitrogens is 2. The van der Waals surface area contributed by atoms with Gasteiger partial charge in [0.25, 0.3) is 0 Å². The average Bonchev–Trinajstić information content (AvgIpc) is 3.26. The summed E-state index contributed by atoms with van der Waals surface area (Å²) in [5.74, 6) is 1.09. The van der Waals surface area contributed by atoms with E-state index in [-0.39, 0.29) is 5.91 Å². The van der Waals surface area contributed by atoms with E-state index in [1.165, 1.54) is 11.3 Å². The molecule has 0 aliphatic heterocycles. The third kappa shape index (κ3) is 4.19. The van der Waals surface area contributed by atoms with Crippen LogP contribution in [0.1, 0.15) is 17.2 Å². The molecule has 3 heterocycles. The van der Waals surface area contributed by atoms with Gasteiger partial charge in [0.1, 0.15) is 0 Å². The minimum absolute atomic E-state index is 0.0328. The fourth-order valence-electron chi connectivity index (χ4n) is 2.03. The Kier molecular flexibility index (Phi) is 5.09. The van der Waals surface area contributed by atoms with Gasteiger partial charge in [-0.15, -0.1) is 22.7 Å². The number of aryl methyl sites for hydroxylation is 1. The second-order valence-electron chi connectivity index (χ2n) is 4.94. The summed E-state index contributed by atoms with van der Waals surface area (Å²) in [6.07, 6.45) is 0.772. The first-order chi connectivity index (χ1) is 11.1. The van der Waals surface area contributed by atoms with Gasteiger partial charge in [-0.3, -0.25) is 4.79 Å². The van der Waals surface area contributed by atoms with E-state index in [0.29, 0.717) is 31.1 Å². The number of nitrogens with zero attached hydrogens (tertiary/aromatic N) is 3. The zero-order valence-electron chi connectivity index (χ0n) is 12.4. The lowest BCUT2D eigenvalue weighted by atomic mass is 10.2. The standard InChI is InChI=1S/C15H14ClN3O2S2/c1-19(9-10-4-5-12(16)23-10)14(20)7-6-13-17-15(18-21-13)11-3-2-8-22-11/h2-5,8H,6-7,9H2,1H3. The molecule has 0 saturated carbocycles. The minimum Gasteiger partial charge on any atom is -0.341 e. The quantitative estimate of drug-likeness (QED) is 0.658. The largest absolute Gasteiger partial charge is 0.341 e. The molecule has 3 rings (SSSR count). The predicted octanol–water partition coefficient (Wildman–Crippen LogP) is 4.10. The number of carbonyl (C=O) groups is 1. The Balaban J connectivity index is 1.52. The summed E-state index contributed by atoms with van der Waals surface area (Å²) in [6, 6.07) is 7.64. The molecule has 5 nitrogen and oxygen atoms in total. The van der Waals surface area contributed by atoms with Gasteiger partial charge in [-0.25, -0.2) is 0 Å². The topological polar surface area (TPSA) is 59.2 Å². The van der Waals surface area contributed by atoms with Crippen molar-refractivity contribution >= 4 is 40.2 Å². The van der Waals surface area contributed by atoms with Crippen LogP contribution in [0, 0.1) is 0 Å². The Morgan fingerprint density at radius 3 is 2.96 bits per heavy atom. The van der Waals surface area contributed by atoms with Crippen LogP contribution < -0.4 is 0 Å². The van der Waals surface area contributed by atoms with Crippen molar-refractivity contribution in [3.63, 3.8) is 0 Å². The van der Waals surface area contributed by atoms with Crippen LogP contribution in [0.4, 0.5) is 0 Å². The maximum Gasteiger partial charge on any atom is 0.227 e. The second kappa shape index (κ2) is 7.25. The number of halogens is 1. The molecule has 0 unspecified atom stereocenters. The number of rotatable bonds is 6. The second-order valence-corrected chi connectivity index (χ2v) is 7.69. The Hall–Kier alpha value is -1.70. The number of amides is 1. The van der Waals surface area contributed by atoms with E-state index in [0.717, 1.165) is 14.1 Å². The zero-order valence-corrected chi connectivity index (χ0v) is 14.7. The first-order valence-corrected chi connectivity index (χ1v) is 9.04. The van der Waals surface area contributed by atoms with Crippen molar-refractivity contribution in [1.82, 2.24) is 15.0 Å². The van der Waals surface area contributed by atoms with Gasteiger partial charge >= 0.3 is 0 Å². The number of hydrogen-bond acceptors (Lipinski definition) is 6. The lowest BCUT2D eigenvalue weighted by molar-refractivity contribution is -0.130. The molecule has 0 N–H and O–H groups in total. The van der Waals surface area contributed by atoms with Crippen molar-refractivity contribution in [3.05, 3.63) is 44.7 Å². The van der Waals surface area contributed by atoms with Gasteiger partial charge in [0.15, 0.2) is 0 Å². The summed E-state index contributed by atoms with van der Waals surface area (Å²) in [4.78, 5) is 20.2. The van der Waals surface area contributed by atoms with Crippen molar-refractivity contribution in [3.8, 4) is 10.7 Å². The number of thiophene rings is 2. The minimum atomic E-state index is 0.0328. The highest BCUT2D eigenvalue weighted by atomic mass is 35.5. The van der Waals surface area contributed by atoms with Crippen LogP contribution in [0.3, 0.4) is 0 Å². The summed E-state index contributed by atoms with van der Waals surface area (Å²) in [5, 5.41) is 5.90. The molecule has 3 aromatic rings.